The lowest BCUT2D eigenvalue weighted by atomic mass is 10.2. The van der Waals surface area contributed by atoms with Crippen LogP contribution in [0.5, 0.6) is 0 Å². The number of carbonyl (C=O) groups excluding carboxylic acids is 1. The van der Waals surface area contributed by atoms with E-state index >= 15 is 0 Å². The molecule has 0 radical (unpaired) electrons. The number of amides is 1. The van der Waals surface area contributed by atoms with Crippen LogP contribution in [0.3, 0.4) is 0 Å². The summed E-state index contributed by atoms with van der Waals surface area (Å²) in [7, 11) is -2.42. The first-order chi connectivity index (χ1) is 15.2. The molecule has 0 aromatic heterocycles. The van der Waals surface area contributed by atoms with E-state index in [1.165, 1.54) is 12.1 Å². The molecule has 0 saturated carbocycles. The first-order valence-electron chi connectivity index (χ1n) is 9.94. The van der Waals surface area contributed by atoms with E-state index in [0.717, 1.165) is 21.0 Å². The Labute approximate surface area is 193 Å². The standard InChI is InChI=1S/C24H25ClN2O4S/c1-17-7-11-22(12-8-17)32(29,30)27(21-10-9-18(2)23(25)14-21)15-24(28)26-20-6-4-5-19(13-20)16-31-3/h4-14H,15-16H2,1-3H3,(H,26,28). The number of carbonyl (C=O) groups is 1. The Morgan fingerprint density at radius 2 is 1.75 bits per heavy atom. The molecule has 6 nitrogen and oxygen atoms in total. The second kappa shape index (κ2) is 10.2. The van der Waals surface area contributed by atoms with Gasteiger partial charge in [-0.2, -0.15) is 0 Å². The predicted octanol–water partition coefficient (Wildman–Crippen LogP) is 4.94. The molecule has 168 valence electrons. The van der Waals surface area contributed by atoms with Gasteiger partial charge in [0, 0.05) is 17.8 Å². The van der Waals surface area contributed by atoms with E-state index in [-0.39, 0.29) is 4.90 Å². The van der Waals surface area contributed by atoms with Crippen molar-refractivity contribution in [2.75, 3.05) is 23.3 Å². The molecular weight excluding hydrogens is 448 g/mol. The van der Waals surface area contributed by atoms with Gasteiger partial charge in [0.15, 0.2) is 0 Å². The molecule has 0 unspecified atom stereocenters. The number of aryl methyl sites for hydroxylation is 2. The smallest absolute Gasteiger partial charge is 0.264 e. The highest BCUT2D eigenvalue weighted by atomic mass is 35.5. The molecule has 3 rings (SSSR count). The number of ether oxygens (including phenoxy) is 1. The fraction of sp³-hybridized carbons (Fsp3) is 0.208. The van der Waals surface area contributed by atoms with Crippen LogP contribution in [0.4, 0.5) is 11.4 Å². The van der Waals surface area contributed by atoms with Crippen molar-refractivity contribution in [2.45, 2.75) is 25.3 Å². The zero-order valence-corrected chi connectivity index (χ0v) is 19.7. The summed E-state index contributed by atoms with van der Waals surface area (Å²) >= 11 is 6.25. The molecule has 1 N–H and O–H groups in total. The third-order valence-electron chi connectivity index (χ3n) is 4.86. The lowest BCUT2D eigenvalue weighted by Crippen LogP contribution is -2.38. The number of nitrogens with zero attached hydrogens (tertiary/aromatic N) is 1. The average molecular weight is 473 g/mol. The summed E-state index contributed by atoms with van der Waals surface area (Å²) in [6, 6.07) is 18.6. The van der Waals surface area contributed by atoms with Crippen molar-refractivity contribution >= 4 is 38.9 Å². The van der Waals surface area contributed by atoms with Crippen molar-refractivity contribution < 1.29 is 17.9 Å². The molecule has 0 bridgehead atoms. The topological polar surface area (TPSA) is 75.7 Å². The van der Waals surface area contributed by atoms with E-state index < -0.39 is 22.5 Å². The maximum Gasteiger partial charge on any atom is 0.264 e. The van der Waals surface area contributed by atoms with Crippen LogP contribution in [-0.2, 0) is 26.2 Å². The molecule has 0 spiro atoms. The number of benzene rings is 3. The van der Waals surface area contributed by atoms with Crippen LogP contribution >= 0.6 is 11.6 Å². The zero-order chi connectivity index (χ0) is 23.3. The molecule has 0 aliphatic heterocycles. The van der Waals surface area contributed by atoms with Gasteiger partial charge in [0.2, 0.25) is 5.91 Å². The van der Waals surface area contributed by atoms with Crippen molar-refractivity contribution in [2.24, 2.45) is 0 Å². The summed E-state index contributed by atoms with van der Waals surface area (Å²) in [5.74, 6) is -0.480. The fourth-order valence-corrected chi connectivity index (χ4v) is 4.71. The Kier molecular flexibility index (Phi) is 7.56. The van der Waals surface area contributed by atoms with E-state index in [1.54, 1.807) is 55.6 Å². The third-order valence-corrected chi connectivity index (χ3v) is 7.06. The highest BCUT2D eigenvalue weighted by Gasteiger charge is 2.27. The summed E-state index contributed by atoms with van der Waals surface area (Å²) in [5, 5.41) is 3.18. The van der Waals surface area contributed by atoms with Crippen molar-refractivity contribution in [1.29, 1.82) is 0 Å². The number of anilines is 2. The Morgan fingerprint density at radius 1 is 1.03 bits per heavy atom. The number of nitrogens with one attached hydrogen (secondary N) is 1. The lowest BCUT2D eigenvalue weighted by Gasteiger charge is -2.24. The van der Waals surface area contributed by atoms with Crippen LogP contribution in [0.25, 0.3) is 0 Å². The third kappa shape index (κ3) is 5.68. The van der Waals surface area contributed by atoms with Crippen LogP contribution in [0, 0.1) is 13.8 Å². The van der Waals surface area contributed by atoms with Gasteiger partial charge < -0.3 is 10.1 Å². The minimum atomic E-state index is -4.01. The number of methoxy groups -OCH3 is 1. The molecule has 0 aliphatic carbocycles. The van der Waals surface area contributed by atoms with E-state index in [4.69, 9.17) is 16.3 Å². The van der Waals surface area contributed by atoms with Crippen molar-refractivity contribution in [3.05, 3.63) is 88.4 Å². The van der Waals surface area contributed by atoms with Crippen LogP contribution < -0.4 is 9.62 Å². The first-order valence-corrected chi connectivity index (χ1v) is 11.8. The van der Waals surface area contributed by atoms with Gasteiger partial charge in [-0.25, -0.2) is 8.42 Å². The quantitative estimate of drug-likeness (QED) is 0.504. The molecule has 0 fully saturated rings. The molecule has 0 heterocycles. The van der Waals surface area contributed by atoms with Crippen LogP contribution in [0.15, 0.2) is 71.6 Å². The number of hydrogen-bond acceptors (Lipinski definition) is 4. The maximum atomic E-state index is 13.5. The van der Waals surface area contributed by atoms with Crippen LogP contribution in [-0.4, -0.2) is 28.0 Å². The number of rotatable bonds is 8. The summed E-state index contributed by atoms with van der Waals surface area (Å²) in [4.78, 5) is 13.0. The van der Waals surface area contributed by atoms with E-state index in [1.807, 2.05) is 19.9 Å². The van der Waals surface area contributed by atoms with Crippen molar-refractivity contribution in [1.82, 2.24) is 0 Å². The monoisotopic (exact) mass is 472 g/mol. The lowest BCUT2D eigenvalue weighted by molar-refractivity contribution is -0.114. The second-order valence-electron chi connectivity index (χ2n) is 7.44. The number of halogens is 1. The van der Waals surface area contributed by atoms with Gasteiger partial charge in [-0.05, 0) is 61.4 Å². The van der Waals surface area contributed by atoms with Gasteiger partial charge in [-0.15, -0.1) is 0 Å². The Hall–Kier alpha value is -2.87. The minimum absolute atomic E-state index is 0.0923. The average Bonchev–Trinajstić information content (AvgIpc) is 2.75. The fourth-order valence-electron chi connectivity index (χ4n) is 3.13. The van der Waals surface area contributed by atoms with E-state index in [0.29, 0.717) is 23.0 Å². The minimum Gasteiger partial charge on any atom is -0.380 e. The van der Waals surface area contributed by atoms with E-state index in [9.17, 15) is 13.2 Å². The summed E-state index contributed by atoms with van der Waals surface area (Å²) < 4.78 is 33.1. The van der Waals surface area contributed by atoms with E-state index in [2.05, 4.69) is 5.32 Å². The summed E-state index contributed by atoms with van der Waals surface area (Å²) in [6.07, 6.45) is 0. The molecule has 0 saturated heterocycles. The normalized spacial score (nSPS) is 11.2. The molecule has 1 amide bonds. The van der Waals surface area contributed by atoms with Gasteiger partial charge in [-0.3, -0.25) is 9.10 Å². The highest BCUT2D eigenvalue weighted by molar-refractivity contribution is 7.92. The molecule has 0 aliphatic rings. The van der Waals surface area contributed by atoms with Gasteiger partial charge in [0.1, 0.15) is 6.54 Å². The number of sulfonamides is 1. The Bertz CT molecular complexity index is 1210. The zero-order valence-electron chi connectivity index (χ0n) is 18.1. The largest absolute Gasteiger partial charge is 0.380 e. The van der Waals surface area contributed by atoms with Crippen molar-refractivity contribution in [3.63, 3.8) is 0 Å². The van der Waals surface area contributed by atoms with Crippen molar-refractivity contribution in [3.8, 4) is 0 Å². The maximum absolute atomic E-state index is 13.5. The summed E-state index contributed by atoms with van der Waals surface area (Å²) in [5.41, 5.74) is 3.49. The molecular formula is C24H25ClN2O4S. The SMILES string of the molecule is COCc1cccc(NC(=O)CN(c2ccc(C)c(Cl)c2)S(=O)(=O)c2ccc(C)cc2)c1. The Balaban J connectivity index is 1.93. The Morgan fingerprint density at radius 3 is 2.41 bits per heavy atom. The summed E-state index contributed by atoms with van der Waals surface area (Å²) in [6.45, 7) is 3.69. The van der Waals surface area contributed by atoms with Crippen LogP contribution in [0.1, 0.15) is 16.7 Å². The van der Waals surface area contributed by atoms with Gasteiger partial charge in [0.25, 0.3) is 10.0 Å². The number of hydrogen-bond donors (Lipinski definition) is 1. The van der Waals surface area contributed by atoms with Crippen LogP contribution in [0.2, 0.25) is 5.02 Å². The molecule has 3 aromatic rings. The molecule has 8 heteroatoms. The molecule has 32 heavy (non-hydrogen) atoms. The molecule has 0 atom stereocenters. The van der Waals surface area contributed by atoms with Gasteiger partial charge in [0.05, 0.1) is 17.2 Å². The highest BCUT2D eigenvalue weighted by Crippen LogP contribution is 2.28. The predicted molar refractivity (Wildman–Crippen MR) is 128 cm³/mol. The molecule has 3 aromatic carbocycles. The second-order valence-corrected chi connectivity index (χ2v) is 9.71. The van der Waals surface area contributed by atoms with Gasteiger partial charge >= 0.3 is 0 Å². The van der Waals surface area contributed by atoms with Gasteiger partial charge in [-0.1, -0.05) is 47.5 Å². The first kappa shape index (κ1) is 23.8.